The van der Waals surface area contributed by atoms with Crippen molar-refractivity contribution in [2.24, 2.45) is 4.99 Å². The van der Waals surface area contributed by atoms with Crippen LogP contribution >= 0.6 is 0 Å². The number of nitrogens with one attached hydrogen (secondary N) is 3. The van der Waals surface area contributed by atoms with Crippen molar-refractivity contribution in [2.45, 2.75) is 27.2 Å². The predicted molar refractivity (Wildman–Crippen MR) is 132 cm³/mol. The first-order valence-electron chi connectivity index (χ1n) is 9.90. The number of carbonyl (C=O) groups is 1. The second-order valence-electron chi connectivity index (χ2n) is 6.74. The molecule has 0 aliphatic rings. The number of aliphatic imine (C=N–C) groups is 1. The number of oxazole rings is 1. The highest BCUT2D eigenvalue weighted by Crippen LogP contribution is 2.24. The molecular formula is C25H27N5O2. The SMILES string of the molecule is C=CCc1cnc(Nc2cc(NC(=O)Nc3ccc(C)cc3)ccc2C)o1.C=NC#CC. The van der Waals surface area contributed by atoms with Gasteiger partial charge < -0.3 is 20.4 Å². The van der Waals surface area contributed by atoms with Gasteiger partial charge in [0.25, 0.3) is 6.01 Å². The molecule has 0 saturated carbocycles. The summed E-state index contributed by atoms with van der Waals surface area (Å²) >= 11 is 0. The van der Waals surface area contributed by atoms with Crippen molar-refractivity contribution in [2.75, 3.05) is 16.0 Å². The number of anilines is 4. The van der Waals surface area contributed by atoms with Crippen molar-refractivity contribution < 1.29 is 9.21 Å². The first-order chi connectivity index (χ1) is 15.4. The maximum atomic E-state index is 12.2. The van der Waals surface area contributed by atoms with Crippen molar-refractivity contribution in [1.82, 2.24) is 4.98 Å². The Kier molecular flexibility index (Phi) is 9.29. The van der Waals surface area contributed by atoms with Gasteiger partial charge >= 0.3 is 6.03 Å². The van der Waals surface area contributed by atoms with Crippen molar-refractivity contribution in [3.8, 4) is 12.0 Å². The number of carbonyl (C=O) groups excluding carboxylic acids is 1. The first-order valence-corrected chi connectivity index (χ1v) is 9.90. The third-order valence-corrected chi connectivity index (χ3v) is 4.14. The van der Waals surface area contributed by atoms with Gasteiger partial charge in [0, 0.05) is 36.2 Å². The highest BCUT2D eigenvalue weighted by Gasteiger charge is 2.08. The summed E-state index contributed by atoms with van der Waals surface area (Å²) in [5, 5.41) is 8.77. The average molecular weight is 430 g/mol. The van der Waals surface area contributed by atoms with Gasteiger partial charge in [-0.05, 0) is 50.6 Å². The van der Waals surface area contributed by atoms with Gasteiger partial charge in [-0.2, -0.15) is 0 Å². The molecule has 0 fully saturated rings. The number of hydrogen-bond donors (Lipinski definition) is 3. The lowest BCUT2D eigenvalue weighted by atomic mass is 10.2. The number of urea groups is 1. The smallest absolute Gasteiger partial charge is 0.323 e. The van der Waals surface area contributed by atoms with Gasteiger partial charge in [-0.1, -0.05) is 35.8 Å². The van der Waals surface area contributed by atoms with Crippen molar-refractivity contribution >= 4 is 35.8 Å². The van der Waals surface area contributed by atoms with Crippen LogP contribution in [0.3, 0.4) is 0 Å². The summed E-state index contributed by atoms with van der Waals surface area (Å²) in [4.78, 5) is 19.7. The van der Waals surface area contributed by atoms with Gasteiger partial charge in [0.05, 0.1) is 6.20 Å². The first kappa shape index (κ1) is 24.0. The maximum Gasteiger partial charge on any atom is 0.323 e. The Hall–Kier alpha value is -4.31. The van der Waals surface area contributed by atoms with Crippen molar-refractivity contribution in [1.29, 1.82) is 0 Å². The molecule has 7 heteroatoms. The quantitative estimate of drug-likeness (QED) is 0.252. The van der Waals surface area contributed by atoms with E-state index in [9.17, 15) is 4.79 Å². The summed E-state index contributed by atoms with van der Waals surface area (Å²) in [6.07, 6.45) is 4.04. The molecule has 0 unspecified atom stereocenters. The van der Waals surface area contributed by atoms with Crippen LogP contribution in [-0.2, 0) is 6.42 Å². The number of benzene rings is 2. The zero-order chi connectivity index (χ0) is 23.3. The van der Waals surface area contributed by atoms with E-state index in [-0.39, 0.29) is 6.03 Å². The summed E-state index contributed by atoms with van der Waals surface area (Å²) in [6, 6.07) is 15.7. The Balaban J connectivity index is 0.000000654. The second kappa shape index (κ2) is 12.4. The topological polar surface area (TPSA) is 91.5 Å². The van der Waals surface area contributed by atoms with E-state index >= 15 is 0 Å². The summed E-state index contributed by atoms with van der Waals surface area (Å²) in [6.45, 7) is 12.5. The van der Waals surface area contributed by atoms with Crippen LogP contribution in [0.25, 0.3) is 0 Å². The Morgan fingerprint density at radius 2 is 1.84 bits per heavy atom. The van der Waals surface area contributed by atoms with Crippen LogP contribution in [-0.4, -0.2) is 17.7 Å². The zero-order valence-corrected chi connectivity index (χ0v) is 18.5. The molecule has 2 amide bonds. The minimum Gasteiger partial charge on any atom is -0.428 e. The lowest BCUT2D eigenvalue weighted by molar-refractivity contribution is 0.262. The van der Waals surface area contributed by atoms with Crippen LogP contribution in [0.5, 0.6) is 0 Å². The van der Waals surface area contributed by atoms with E-state index in [2.05, 4.69) is 51.2 Å². The second-order valence-corrected chi connectivity index (χ2v) is 6.74. The van der Waals surface area contributed by atoms with Gasteiger partial charge in [0.15, 0.2) is 0 Å². The molecule has 0 bridgehead atoms. The molecule has 164 valence electrons. The molecule has 7 nitrogen and oxygen atoms in total. The normalized spacial score (nSPS) is 9.34. The summed E-state index contributed by atoms with van der Waals surface area (Å²) in [5.74, 6) is 3.27. The Bertz CT molecular complexity index is 1120. The molecule has 1 heterocycles. The Morgan fingerprint density at radius 1 is 1.16 bits per heavy atom. The number of aryl methyl sites for hydroxylation is 2. The molecule has 1 aromatic heterocycles. The monoisotopic (exact) mass is 429 g/mol. The Morgan fingerprint density at radius 3 is 2.47 bits per heavy atom. The van der Waals surface area contributed by atoms with Gasteiger partial charge in [-0.25, -0.2) is 14.8 Å². The van der Waals surface area contributed by atoms with Crippen LogP contribution in [0, 0.1) is 25.8 Å². The maximum absolute atomic E-state index is 12.2. The minimum absolute atomic E-state index is 0.307. The van der Waals surface area contributed by atoms with E-state index in [0.717, 1.165) is 28.3 Å². The summed E-state index contributed by atoms with van der Waals surface area (Å²) < 4.78 is 5.60. The van der Waals surface area contributed by atoms with E-state index in [0.29, 0.717) is 18.1 Å². The van der Waals surface area contributed by atoms with Crippen LogP contribution in [0.1, 0.15) is 23.8 Å². The fraction of sp³-hybridized carbons (Fsp3) is 0.160. The van der Waals surface area contributed by atoms with E-state index in [1.165, 1.54) is 0 Å². The van der Waals surface area contributed by atoms with Crippen LogP contribution in [0.15, 0.2) is 70.7 Å². The van der Waals surface area contributed by atoms with Crippen molar-refractivity contribution in [3.63, 3.8) is 0 Å². The standard InChI is InChI=1S/C21H22N4O2.C4H5N/c1-4-5-18-13-22-21(27-18)25-19-12-17(11-8-15(19)3)24-20(26)23-16-9-6-14(2)7-10-16;1-3-4-5-2/h4,6-13H,1,5H2,2-3H3,(H,22,25)(H2,23,24,26);2H2,1H3. The largest absolute Gasteiger partial charge is 0.428 e. The van der Waals surface area contributed by atoms with Gasteiger partial charge in [0.2, 0.25) is 0 Å². The summed E-state index contributed by atoms with van der Waals surface area (Å²) in [5.41, 5.74) is 4.33. The molecule has 0 radical (unpaired) electrons. The molecule has 0 saturated heterocycles. The van der Waals surface area contributed by atoms with E-state index < -0.39 is 0 Å². The fourth-order valence-electron chi connectivity index (χ4n) is 2.56. The van der Waals surface area contributed by atoms with Gasteiger partial charge in [0.1, 0.15) is 5.76 Å². The molecule has 3 N–H and O–H groups in total. The highest BCUT2D eigenvalue weighted by atomic mass is 16.4. The van der Waals surface area contributed by atoms with Crippen LogP contribution in [0.2, 0.25) is 0 Å². The van der Waals surface area contributed by atoms with Gasteiger partial charge in [-0.15, -0.1) is 6.58 Å². The fourth-order valence-corrected chi connectivity index (χ4v) is 2.56. The molecule has 0 aliphatic heterocycles. The lowest BCUT2D eigenvalue weighted by Gasteiger charge is -2.11. The van der Waals surface area contributed by atoms with Gasteiger partial charge in [-0.3, -0.25) is 0 Å². The third-order valence-electron chi connectivity index (χ3n) is 4.14. The molecule has 32 heavy (non-hydrogen) atoms. The number of nitrogens with zero attached hydrogens (tertiary/aromatic N) is 2. The summed E-state index contributed by atoms with van der Waals surface area (Å²) in [7, 11) is 0. The molecule has 3 aromatic rings. The van der Waals surface area contributed by atoms with E-state index in [1.807, 2.05) is 56.3 Å². The van der Waals surface area contributed by atoms with Crippen LogP contribution < -0.4 is 16.0 Å². The van der Waals surface area contributed by atoms with E-state index in [1.54, 1.807) is 19.2 Å². The minimum atomic E-state index is -0.307. The zero-order valence-electron chi connectivity index (χ0n) is 18.5. The number of rotatable bonds is 6. The highest BCUT2D eigenvalue weighted by molar-refractivity contribution is 6.00. The van der Waals surface area contributed by atoms with Crippen LogP contribution in [0.4, 0.5) is 27.9 Å². The number of aromatic nitrogens is 1. The molecule has 0 aliphatic carbocycles. The number of hydrogen-bond acceptors (Lipinski definition) is 5. The Labute approximate surface area is 188 Å². The molecule has 3 rings (SSSR count). The van der Waals surface area contributed by atoms with Crippen molar-refractivity contribution in [3.05, 3.63) is 78.2 Å². The van der Waals surface area contributed by atoms with E-state index in [4.69, 9.17) is 4.42 Å². The number of amides is 2. The lowest BCUT2D eigenvalue weighted by Crippen LogP contribution is -2.19. The number of allylic oxidation sites excluding steroid dienone is 1. The molecular weight excluding hydrogens is 402 g/mol. The predicted octanol–water partition coefficient (Wildman–Crippen LogP) is 6.08. The average Bonchev–Trinajstić information content (AvgIpc) is 3.20. The molecule has 0 atom stereocenters. The third kappa shape index (κ3) is 7.84. The molecule has 2 aromatic carbocycles. The molecule has 0 spiro atoms.